The number of nitrogens with one attached hydrogen (secondary N) is 2. The lowest BCUT2D eigenvalue weighted by Crippen LogP contribution is -2.35. The van der Waals surface area contributed by atoms with E-state index < -0.39 is 35.1 Å². The molecular formula is C32H30F2N6O2. The molecule has 3 aliphatic rings. The first-order valence-electron chi connectivity index (χ1n) is 13.9. The van der Waals surface area contributed by atoms with Gasteiger partial charge in [0.2, 0.25) is 5.91 Å². The van der Waals surface area contributed by atoms with Gasteiger partial charge in [-0.05, 0) is 67.2 Å². The van der Waals surface area contributed by atoms with Crippen molar-refractivity contribution >= 4 is 17.6 Å². The molecule has 0 fully saturated rings. The van der Waals surface area contributed by atoms with Crippen LogP contribution in [0.5, 0.6) is 0 Å². The lowest BCUT2D eigenvalue weighted by Gasteiger charge is -2.24. The summed E-state index contributed by atoms with van der Waals surface area (Å²) < 4.78 is 29.1. The maximum absolute atomic E-state index is 14.9. The van der Waals surface area contributed by atoms with Gasteiger partial charge >= 0.3 is 0 Å². The van der Waals surface area contributed by atoms with Gasteiger partial charge in [-0.25, -0.2) is 13.8 Å². The number of carbonyl (C=O) groups is 2. The van der Waals surface area contributed by atoms with Crippen molar-refractivity contribution in [2.45, 2.75) is 50.1 Å². The minimum atomic E-state index is -1.03. The Kier molecular flexibility index (Phi) is 7.02. The minimum absolute atomic E-state index is 0.0237. The van der Waals surface area contributed by atoms with E-state index in [-0.39, 0.29) is 17.4 Å². The highest BCUT2D eigenvalue weighted by atomic mass is 19.2. The Morgan fingerprint density at radius 2 is 1.95 bits per heavy atom. The predicted molar refractivity (Wildman–Crippen MR) is 153 cm³/mol. The predicted octanol–water partition coefficient (Wildman–Crippen LogP) is 5.02. The molecule has 0 bridgehead atoms. The first-order valence-corrected chi connectivity index (χ1v) is 13.9. The van der Waals surface area contributed by atoms with E-state index in [4.69, 9.17) is 5.73 Å². The highest BCUT2D eigenvalue weighted by molar-refractivity contribution is 6.06. The molecule has 8 nitrogen and oxygen atoms in total. The lowest BCUT2D eigenvalue weighted by atomic mass is 9.80. The summed E-state index contributed by atoms with van der Waals surface area (Å²) >= 11 is 0. The number of hydrogen-bond acceptors (Lipinski definition) is 6. The number of rotatable bonds is 5. The molecule has 0 aromatic carbocycles. The van der Waals surface area contributed by atoms with Crippen LogP contribution in [-0.2, 0) is 23.1 Å². The second kappa shape index (κ2) is 10.7. The molecule has 214 valence electrons. The van der Waals surface area contributed by atoms with Gasteiger partial charge in [0.1, 0.15) is 5.82 Å². The van der Waals surface area contributed by atoms with Gasteiger partial charge in [0.25, 0.3) is 5.91 Å². The number of amides is 2. The molecule has 0 unspecified atom stereocenters. The number of pyridine rings is 3. The Labute approximate surface area is 241 Å². The number of carbonyl (C=O) groups excluding carboxylic acids is 2. The molecule has 42 heavy (non-hydrogen) atoms. The van der Waals surface area contributed by atoms with Crippen LogP contribution >= 0.6 is 0 Å². The molecule has 1 aliphatic heterocycles. The van der Waals surface area contributed by atoms with Crippen LogP contribution in [0.15, 0.2) is 84.9 Å². The number of nitrogens with zero attached hydrogens (tertiary/aromatic N) is 3. The molecule has 0 saturated heterocycles. The molecule has 0 saturated carbocycles. The third kappa shape index (κ3) is 4.52. The zero-order valence-corrected chi connectivity index (χ0v) is 23.0. The fourth-order valence-electron chi connectivity index (χ4n) is 6.43. The average molecular weight is 569 g/mol. The standard InChI is InChI=1S/C32H30F2N6O2/c1-3-6-23(33)26(34)17(2)20-9-10-24(28-21(27(20)35)7-4-11-36-28)39-30(41)19-13-18-14-32(15-25(18)38-16-19)22-8-5-12-37-29(22)40-31(32)42/h3-8,11-13,16,20,24,27H,2,9-10,14-15,35H2,1H3,(H,39,41)(H,37,40,42)/b6-3-,26-23-/t20-,24+,27+,32-/m0/s1. The molecular weight excluding hydrogens is 538 g/mol. The van der Waals surface area contributed by atoms with Gasteiger partial charge in [0.15, 0.2) is 11.7 Å². The van der Waals surface area contributed by atoms with Gasteiger partial charge in [0, 0.05) is 48.2 Å². The largest absolute Gasteiger partial charge is 0.344 e. The van der Waals surface area contributed by atoms with Crippen molar-refractivity contribution in [2.24, 2.45) is 11.7 Å². The highest BCUT2D eigenvalue weighted by Crippen LogP contribution is 2.46. The van der Waals surface area contributed by atoms with Crippen LogP contribution in [-0.4, -0.2) is 26.8 Å². The van der Waals surface area contributed by atoms with E-state index in [1.807, 2.05) is 12.1 Å². The fourth-order valence-corrected chi connectivity index (χ4v) is 6.43. The number of anilines is 1. The summed E-state index contributed by atoms with van der Waals surface area (Å²) in [6.45, 7) is 5.42. The van der Waals surface area contributed by atoms with E-state index in [0.29, 0.717) is 48.3 Å². The summed E-state index contributed by atoms with van der Waals surface area (Å²) in [5, 5.41) is 5.93. The Hall–Kier alpha value is -4.57. The van der Waals surface area contributed by atoms with E-state index in [2.05, 4.69) is 32.2 Å². The fraction of sp³-hybridized carbons (Fsp3) is 0.281. The highest BCUT2D eigenvalue weighted by Gasteiger charge is 2.51. The zero-order chi connectivity index (χ0) is 29.6. The van der Waals surface area contributed by atoms with Gasteiger partial charge in [-0.1, -0.05) is 24.8 Å². The third-order valence-corrected chi connectivity index (χ3v) is 8.59. The van der Waals surface area contributed by atoms with Gasteiger partial charge in [0.05, 0.1) is 22.7 Å². The monoisotopic (exact) mass is 568 g/mol. The first-order chi connectivity index (χ1) is 20.2. The molecule has 10 heteroatoms. The maximum atomic E-state index is 14.9. The van der Waals surface area contributed by atoms with Gasteiger partial charge < -0.3 is 16.4 Å². The molecule has 3 aromatic rings. The number of fused-ring (bicyclic) bond motifs is 4. The van der Waals surface area contributed by atoms with E-state index in [1.165, 1.54) is 12.3 Å². The summed E-state index contributed by atoms with van der Waals surface area (Å²) in [6, 6.07) is 7.79. The summed E-state index contributed by atoms with van der Waals surface area (Å²) in [4.78, 5) is 39.9. The van der Waals surface area contributed by atoms with Crippen molar-refractivity contribution < 1.29 is 18.4 Å². The quantitative estimate of drug-likeness (QED) is 0.293. The van der Waals surface area contributed by atoms with Crippen LogP contribution < -0.4 is 16.4 Å². The molecule has 2 aliphatic carbocycles. The third-order valence-electron chi connectivity index (χ3n) is 8.59. The Morgan fingerprint density at radius 1 is 1.17 bits per heavy atom. The van der Waals surface area contributed by atoms with E-state index in [0.717, 1.165) is 22.9 Å². The summed E-state index contributed by atoms with van der Waals surface area (Å²) in [5.74, 6) is -2.55. The van der Waals surface area contributed by atoms with Crippen LogP contribution in [0, 0.1) is 5.92 Å². The molecule has 6 rings (SSSR count). The molecule has 4 heterocycles. The van der Waals surface area contributed by atoms with Crippen molar-refractivity contribution in [3.8, 4) is 0 Å². The second-order valence-electron chi connectivity index (χ2n) is 11.0. The van der Waals surface area contributed by atoms with E-state index in [9.17, 15) is 18.4 Å². The molecule has 2 amide bonds. The van der Waals surface area contributed by atoms with Gasteiger partial charge in [-0.15, -0.1) is 0 Å². The summed E-state index contributed by atoms with van der Waals surface area (Å²) in [5.41, 5.74) is 9.77. The van der Waals surface area contributed by atoms with Crippen LogP contribution in [0.2, 0.25) is 0 Å². The topological polar surface area (TPSA) is 123 Å². The number of allylic oxidation sites excluding steroid dienone is 4. The van der Waals surface area contributed by atoms with Crippen LogP contribution in [0.1, 0.15) is 70.3 Å². The molecule has 4 atom stereocenters. The Morgan fingerprint density at radius 3 is 2.76 bits per heavy atom. The first kappa shape index (κ1) is 27.6. The van der Waals surface area contributed by atoms with E-state index >= 15 is 0 Å². The normalized spacial score (nSPS) is 24.9. The Balaban J connectivity index is 1.24. The van der Waals surface area contributed by atoms with Gasteiger partial charge in [-0.3, -0.25) is 19.6 Å². The number of nitrogens with two attached hydrogens (primary N) is 1. The molecule has 0 radical (unpaired) electrons. The van der Waals surface area contributed by atoms with E-state index in [1.54, 1.807) is 37.5 Å². The van der Waals surface area contributed by atoms with Crippen LogP contribution in [0.4, 0.5) is 14.6 Å². The second-order valence-corrected chi connectivity index (χ2v) is 11.0. The van der Waals surface area contributed by atoms with Gasteiger partial charge in [-0.2, -0.15) is 0 Å². The Bertz CT molecular complexity index is 1680. The SMILES string of the molecule is C=C(/C(F)=C(F)\C=C/C)[C@@H]1CC[C@@H](NC(=O)c2cnc3c(c2)C[C@@]2(C3)C(=O)Nc3ncccc32)c2ncccc2[C@@H]1N. The zero-order valence-electron chi connectivity index (χ0n) is 23.0. The van der Waals surface area contributed by atoms with Crippen molar-refractivity contribution in [3.05, 3.63) is 119 Å². The number of hydrogen-bond donors (Lipinski definition) is 3. The minimum Gasteiger partial charge on any atom is -0.344 e. The summed E-state index contributed by atoms with van der Waals surface area (Å²) in [6.07, 6.45) is 8.80. The maximum Gasteiger partial charge on any atom is 0.253 e. The smallest absolute Gasteiger partial charge is 0.253 e. The lowest BCUT2D eigenvalue weighted by molar-refractivity contribution is -0.120. The molecule has 3 aromatic heterocycles. The van der Waals surface area contributed by atoms with Crippen molar-refractivity contribution in [1.29, 1.82) is 0 Å². The molecule has 1 spiro atoms. The van der Waals surface area contributed by atoms with Crippen LogP contribution in [0.25, 0.3) is 0 Å². The van der Waals surface area contributed by atoms with Crippen molar-refractivity contribution in [2.75, 3.05) is 5.32 Å². The average Bonchev–Trinajstić information content (AvgIpc) is 3.47. The summed E-state index contributed by atoms with van der Waals surface area (Å²) in [7, 11) is 0. The number of aromatic nitrogens is 3. The van der Waals surface area contributed by atoms with Crippen molar-refractivity contribution in [1.82, 2.24) is 20.3 Å². The molecule has 4 N–H and O–H groups in total. The van der Waals surface area contributed by atoms with Crippen molar-refractivity contribution in [3.63, 3.8) is 0 Å². The number of halogens is 2. The van der Waals surface area contributed by atoms with Crippen LogP contribution in [0.3, 0.4) is 0 Å².